The molecule has 1 aromatic carbocycles. The fraction of sp³-hybridized carbons (Fsp3) is 0.625. The second-order valence-corrected chi connectivity index (χ2v) is 5.39. The van der Waals surface area contributed by atoms with Crippen molar-refractivity contribution in [1.29, 1.82) is 0 Å². The van der Waals surface area contributed by atoms with Gasteiger partial charge in [-0.15, -0.1) is 0 Å². The van der Waals surface area contributed by atoms with Crippen LogP contribution in [0.25, 0.3) is 0 Å². The zero-order chi connectivity index (χ0) is 14.1. The molecule has 0 atom stereocenters. The largest absolute Gasteiger partial charge is 0.392 e. The van der Waals surface area contributed by atoms with Gasteiger partial charge in [0.05, 0.1) is 18.8 Å². The van der Waals surface area contributed by atoms with E-state index in [2.05, 4.69) is 20.8 Å². The highest BCUT2D eigenvalue weighted by atomic mass is 16.5. The Morgan fingerprint density at radius 1 is 1.05 bits per heavy atom. The van der Waals surface area contributed by atoms with Crippen LogP contribution in [0, 0.1) is 0 Å². The lowest BCUT2D eigenvalue weighted by atomic mass is 10.1. The number of hydrogen-bond donors (Lipinski definition) is 1. The molecule has 1 rings (SSSR count). The van der Waals surface area contributed by atoms with Crippen molar-refractivity contribution in [3.05, 3.63) is 35.4 Å². The highest BCUT2D eigenvalue weighted by molar-refractivity contribution is 5.21. The summed E-state index contributed by atoms with van der Waals surface area (Å²) in [6, 6.07) is 7.83. The second-order valence-electron chi connectivity index (χ2n) is 5.39. The summed E-state index contributed by atoms with van der Waals surface area (Å²) in [5.41, 5.74) is 1.94. The fourth-order valence-corrected chi connectivity index (χ4v) is 1.70. The van der Waals surface area contributed by atoms with Gasteiger partial charge in [0.1, 0.15) is 0 Å². The molecule has 0 aliphatic carbocycles. The van der Waals surface area contributed by atoms with Gasteiger partial charge < -0.3 is 14.6 Å². The number of benzene rings is 1. The molecule has 1 N–H and O–H groups in total. The molecular weight excluding hydrogens is 240 g/mol. The van der Waals surface area contributed by atoms with Gasteiger partial charge in [-0.3, -0.25) is 0 Å². The molecule has 0 amide bonds. The fourth-order valence-electron chi connectivity index (χ4n) is 1.70. The van der Waals surface area contributed by atoms with Gasteiger partial charge in [-0.05, 0) is 37.8 Å². The van der Waals surface area contributed by atoms with Crippen LogP contribution < -0.4 is 0 Å². The Hall–Kier alpha value is -0.900. The van der Waals surface area contributed by atoms with Crippen molar-refractivity contribution >= 4 is 0 Å². The van der Waals surface area contributed by atoms with E-state index in [-0.39, 0.29) is 12.2 Å². The maximum absolute atomic E-state index is 8.96. The maximum atomic E-state index is 8.96. The standard InChI is InChI=1S/C16H26O3/c1-4-10-19-16(2,3)9-11-18-13-15-7-5-14(12-17)6-8-15/h5-8,17H,4,9-13H2,1-3H3. The quantitative estimate of drug-likeness (QED) is 0.697. The molecule has 0 saturated carbocycles. The van der Waals surface area contributed by atoms with Crippen molar-refractivity contribution < 1.29 is 14.6 Å². The Morgan fingerprint density at radius 2 is 1.68 bits per heavy atom. The zero-order valence-corrected chi connectivity index (χ0v) is 12.3. The van der Waals surface area contributed by atoms with Crippen LogP contribution in [0.3, 0.4) is 0 Å². The summed E-state index contributed by atoms with van der Waals surface area (Å²) >= 11 is 0. The Bertz CT molecular complexity index is 344. The lowest BCUT2D eigenvalue weighted by Gasteiger charge is -2.25. The molecule has 0 bridgehead atoms. The van der Waals surface area contributed by atoms with E-state index in [0.717, 1.165) is 30.6 Å². The maximum Gasteiger partial charge on any atom is 0.0716 e. The average Bonchev–Trinajstić information content (AvgIpc) is 2.42. The highest BCUT2D eigenvalue weighted by Crippen LogP contribution is 2.15. The molecule has 0 radical (unpaired) electrons. The van der Waals surface area contributed by atoms with Gasteiger partial charge in [-0.1, -0.05) is 31.2 Å². The van der Waals surface area contributed by atoms with E-state index in [1.54, 1.807) is 0 Å². The van der Waals surface area contributed by atoms with Crippen LogP contribution in [0.5, 0.6) is 0 Å². The van der Waals surface area contributed by atoms with Gasteiger partial charge >= 0.3 is 0 Å². The summed E-state index contributed by atoms with van der Waals surface area (Å²) in [5, 5.41) is 8.96. The van der Waals surface area contributed by atoms with Crippen molar-refractivity contribution in [3.8, 4) is 0 Å². The molecule has 108 valence electrons. The first-order chi connectivity index (χ1) is 9.07. The Balaban J connectivity index is 2.22. The van der Waals surface area contributed by atoms with Crippen molar-refractivity contribution in [2.24, 2.45) is 0 Å². The van der Waals surface area contributed by atoms with Crippen molar-refractivity contribution in [1.82, 2.24) is 0 Å². The molecule has 0 aliphatic heterocycles. The summed E-state index contributed by atoms with van der Waals surface area (Å²) in [5.74, 6) is 0. The van der Waals surface area contributed by atoms with Crippen LogP contribution in [0.2, 0.25) is 0 Å². The van der Waals surface area contributed by atoms with Crippen molar-refractivity contribution in [2.75, 3.05) is 13.2 Å². The van der Waals surface area contributed by atoms with E-state index in [1.807, 2.05) is 24.3 Å². The monoisotopic (exact) mass is 266 g/mol. The molecule has 3 heteroatoms. The molecule has 0 fully saturated rings. The minimum Gasteiger partial charge on any atom is -0.392 e. The summed E-state index contributed by atoms with van der Waals surface area (Å²) in [4.78, 5) is 0. The van der Waals surface area contributed by atoms with E-state index in [1.165, 1.54) is 0 Å². The first-order valence-electron chi connectivity index (χ1n) is 6.98. The number of ether oxygens (including phenoxy) is 2. The lowest BCUT2D eigenvalue weighted by Crippen LogP contribution is -2.26. The van der Waals surface area contributed by atoms with Crippen LogP contribution in [-0.2, 0) is 22.7 Å². The smallest absolute Gasteiger partial charge is 0.0716 e. The predicted octanol–water partition coefficient (Wildman–Crippen LogP) is 3.29. The van der Waals surface area contributed by atoms with Gasteiger partial charge in [-0.25, -0.2) is 0 Å². The van der Waals surface area contributed by atoms with Crippen LogP contribution in [0.15, 0.2) is 24.3 Å². The van der Waals surface area contributed by atoms with Crippen LogP contribution in [0.1, 0.15) is 44.7 Å². The lowest BCUT2D eigenvalue weighted by molar-refractivity contribution is -0.0421. The molecule has 0 unspecified atom stereocenters. The average molecular weight is 266 g/mol. The SMILES string of the molecule is CCCOC(C)(C)CCOCc1ccc(CO)cc1. The summed E-state index contributed by atoms with van der Waals surface area (Å²) in [6.07, 6.45) is 1.93. The molecule has 0 aromatic heterocycles. The van der Waals surface area contributed by atoms with Gasteiger partial charge in [0.25, 0.3) is 0 Å². The molecule has 0 saturated heterocycles. The van der Waals surface area contributed by atoms with Crippen molar-refractivity contribution in [2.45, 2.75) is 52.4 Å². The Labute approximate surface area is 116 Å². The second kappa shape index (κ2) is 8.31. The number of hydrogen-bond acceptors (Lipinski definition) is 3. The predicted molar refractivity (Wildman–Crippen MR) is 77.0 cm³/mol. The van der Waals surface area contributed by atoms with E-state index >= 15 is 0 Å². The van der Waals surface area contributed by atoms with Gasteiger partial charge in [0.2, 0.25) is 0 Å². The highest BCUT2D eigenvalue weighted by Gasteiger charge is 2.17. The summed E-state index contributed by atoms with van der Waals surface area (Å²) in [6.45, 7) is 8.50. The summed E-state index contributed by atoms with van der Waals surface area (Å²) < 4.78 is 11.4. The zero-order valence-electron chi connectivity index (χ0n) is 12.3. The molecule has 1 aromatic rings. The van der Waals surface area contributed by atoms with E-state index in [4.69, 9.17) is 14.6 Å². The third kappa shape index (κ3) is 6.71. The van der Waals surface area contributed by atoms with E-state index < -0.39 is 0 Å². The summed E-state index contributed by atoms with van der Waals surface area (Å²) in [7, 11) is 0. The first kappa shape index (κ1) is 16.2. The Morgan fingerprint density at radius 3 is 2.26 bits per heavy atom. The molecule has 0 spiro atoms. The Kier molecular flexibility index (Phi) is 7.06. The first-order valence-corrected chi connectivity index (χ1v) is 6.98. The van der Waals surface area contributed by atoms with Crippen LogP contribution in [0.4, 0.5) is 0 Å². The number of rotatable bonds is 9. The number of aliphatic hydroxyl groups is 1. The third-order valence-corrected chi connectivity index (χ3v) is 3.02. The van der Waals surface area contributed by atoms with Crippen LogP contribution in [-0.4, -0.2) is 23.9 Å². The molecule has 3 nitrogen and oxygen atoms in total. The van der Waals surface area contributed by atoms with Gasteiger partial charge in [0, 0.05) is 13.2 Å². The minimum atomic E-state index is -0.114. The van der Waals surface area contributed by atoms with Crippen LogP contribution >= 0.6 is 0 Å². The van der Waals surface area contributed by atoms with Gasteiger partial charge in [0.15, 0.2) is 0 Å². The molecular formula is C16H26O3. The van der Waals surface area contributed by atoms with Gasteiger partial charge in [-0.2, -0.15) is 0 Å². The molecule has 0 aliphatic rings. The molecule has 0 heterocycles. The van der Waals surface area contributed by atoms with Crippen molar-refractivity contribution in [3.63, 3.8) is 0 Å². The normalized spacial score (nSPS) is 11.8. The minimum absolute atomic E-state index is 0.0874. The molecule has 19 heavy (non-hydrogen) atoms. The topological polar surface area (TPSA) is 38.7 Å². The number of aliphatic hydroxyl groups excluding tert-OH is 1. The third-order valence-electron chi connectivity index (χ3n) is 3.02. The van der Waals surface area contributed by atoms with E-state index in [9.17, 15) is 0 Å². The van der Waals surface area contributed by atoms with E-state index in [0.29, 0.717) is 13.2 Å².